The monoisotopic (exact) mass is 350 g/mol. The maximum absolute atomic E-state index is 13.0. The number of amides is 1. The smallest absolute Gasteiger partial charge is 0.255 e. The molecule has 0 spiro atoms. The zero-order valence-electron chi connectivity index (χ0n) is 14.2. The fraction of sp³-hybridized carbons (Fsp3) is 0.143. The number of benzene rings is 2. The Labute approximate surface area is 151 Å². The molecule has 1 amide bonds. The van der Waals surface area contributed by atoms with Crippen molar-refractivity contribution in [3.8, 4) is 5.75 Å². The molecule has 0 aliphatic heterocycles. The molecule has 1 N–H and O–H groups in total. The van der Waals surface area contributed by atoms with Gasteiger partial charge in [-0.25, -0.2) is 4.39 Å². The number of nitrogens with zero attached hydrogens (tertiary/aromatic N) is 1. The van der Waals surface area contributed by atoms with E-state index < -0.39 is 0 Å². The zero-order valence-corrected chi connectivity index (χ0v) is 14.2. The van der Waals surface area contributed by atoms with Gasteiger partial charge in [0.15, 0.2) is 0 Å². The van der Waals surface area contributed by atoms with Gasteiger partial charge >= 0.3 is 0 Å². The van der Waals surface area contributed by atoms with Gasteiger partial charge in [-0.15, -0.1) is 0 Å². The first-order valence-electron chi connectivity index (χ1n) is 8.37. The lowest BCUT2D eigenvalue weighted by atomic mass is 10.1. The Morgan fingerprint density at radius 1 is 1.00 bits per heavy atom. The molecule has 0 fully saturated rings. The van der Waals surface area contributed by atoms with E-state index in [2.05, 4.69) is 10.3 Å². The lowest BCUT2D eigenvalue weighted by Gasteiger charge is -2.12. The summed E-state index contributed by atoms with van der Waals surface area (Å²) in [6.07, 6.45) is 2.39. The van der Waals surface area contributed by atoms with Crippen LogP contribution < -0.4 is 10.1 Å². The Kier molecular flexibility index (Phi) is 5.93. The van der Waals surface area contributed by atoms with Crippen molar-refractivity contribution in [2.45, 2.75) is 13.0 Å². The number of nitrogens with one attached hydrogen (secondary N) is 1. The van der Waals surface area contributed by atoms with Crippen LogP contribution in [0.25, 0.3) is 0 Å². The first kappa shape index (κ1) is 17.6. The Balaban J connectivity index is 1.58. The first-order chi connectivity index (χ1) is 12.7. The molecule has 0 atom stereocenters. The quantitative estimate of drug-likeness (QED) is 0.706. The van der Waals surface area contributed by atoms with Crippen molar-refractivity contribution in [2.24, 2.45) is 0 Å². The summed E-state index contributed by atoms with van der Waals surface area (Å²) in [5.74, 6) is 0.00392. The highest BCUT2D eigenvalue weighted by Crippen LogP contribution is 2.19. The summed E-state index contributed by atoms with van der Waals surface area (Å²) in [6, 6.07) is 18.8. The van der Waals surface area contributed by atoms with E-state index in [9.17, 15) is 9.18 Å². The molecule has 0 aliphatic carbocycles. The third-order valence-electron chi connectivity index (χ3n) is 3.83. The van der Waals surface area contributed by atoms with Crippen LogP contribution in [0.2, 0.25) is 0 Å². The Bertz CT molecular complexity index is 851. The standard InChI is InChI=1S/C21H19FN2O2/c22-17-10-8-16(9-11-17)15-26-20-7-2-1-6-19(20)21(25)24-14-12-18-5-3-4-13-23-18/h1-11,13H,12,14-15H2,(H,24,25). The van der Waals surface area contributed by atoms with E-state index in [0.717, 1.165) is 11.3 Å². The number of rotatable bonds is 7. The number of carbonyl (C=O) groups is 1. The van der Waals surface area contributed by atoms with Crippen molar-refractivity contribution in [3.63, 3.8) is 0 Å². The molecule has 0 saturated carbocycles. The summed E-state index contributed by atoms with van der Waals surface area (Å²) in [5, 5.41) is 2.88. The number of aromatic nitrogens is 1. The average molecular weight is 350 g/mol. The summed E-state index contributed by atoms with van der Waals surface area (Å²) < 4.78 is 18.7. The number of pyridine rings is 1. The molecule has 132 valence electrons. The molecule has 5 heteroatoms. The van der Waals surface area contributed by atoms with E-state index in [4.69, 9.17) is 4.74 Å². The van der Waals surface area contributed by atoms with Gasteiger partial charge in [0, 0.05) is 24.9 Å². The maximum Gasteiger partial charge on any atom is 0.255 e. The number of hydrogen-bond donors (Lipinski definition) is 1. The minimum absolute atomic E-state index is 0.198. The van der Waals surface area contributed by atoms with Crippen LogP contribution >= 0.6 is 0 Å². The van der Waals surface area contributed by atoms with Gasteiger partial charge in [0.25, 0.3) is 5.91 Å². The summed E-state index contributed by atoms with van der Waals surface area (Å²) in [6.45, 7) is 0.751. The van der Waals surface area contributed by atoms with Gasteiger partial charge in [0.1, 0.15) is 18.2 Å². The predicted molar refractivity (Wildman–Crippen MR) is 97.4 cm³/mol. The highest BCUT2D eigenvalue weighted by atomic mass is 19.1. The Hall–Kier alpha value is -3.21. The predicted octanol–water partition coefficient (Wildman–Crippen LogP) is 3.77. The number of hydrogen-bond acceptors (Lipinski definition) is 3. The number of ether oxygens (including phenoxy) is 1. The Morgan fingerprint density at radius 2 is 1.77 bits per heavy atom. The van der Waals surface area contributed by atoms with E-state index in [1.807, 2.05) is 24.3 Å². The molecular weight excluding hydrogens is 331 g/mol. The number of para-hydroxylation sites is 1. The van der Waals surface area contributed by atoms with Crippen LogP contribution in [0, 0.1) is 5.82 Å². The molecule has 0 bridgehead atoms. The van der Waals surface area contributed by atoms with Crippen LogP contribution in [0.1, 0.15) is 21.6 Å². The van der Waals surface area contributed by atoms with E-state index >= 15 is 0 Å². The summed E-state index contributed by atoms with van der Waals surface area (Å²) >= 11 is 0. The SMILES string of the molecule is O=C(NCCc1ccccn1)c1ccccc1OCc1ccc(F)cc1. The van der Waals surface area contributed by atoms with Crippen molar-refractivity contribution in [1.82, 2.24) is 10.3 Å². The van der Waals surface area contributed by atoms with Crippen molar-refractivity contribution in [2.75, 3.05) is 6.54 Å². The van der Waals surface area contributed by atoms with E-state index in [-0.39, 0.29) is 18.3 Å². The molecule has 1 heterocycles. The van der Waals surface area contributed by atoms with E-state index in [1.54, 1.807) is 36.5 Å². The Morgan fingerprint density at radius 3 is 2.54 bits per heavy atom. The van der Waals surface area contributed by atoms with Crippen LogP contribution in [-0.2, 0) is 13.0 Å². The van der Waals surface area contributed by atoms with Gasteiger partial charge < -0.3 is 10.1 Å². The molecule has 3 rings (SSSR count). The fourth-order valence-electron chi connectivity index (χ4n) is 2.47. The molecule has 4 nitrogen and oxygen atoms in total. The van der Waals surface area contributed by atoms with Crippen molar-refractivity contribution in [1.29, 1.82) is 0 Å². The van der Waals surface area contributed by atoms with Gasteiger partial charge in [0.2, 0.25) is 0 Å². The summed E-state index contributed by atoms with van der Waals surface area (Å²) in [4.78, 5) is 16.7. The van der Waals surface area contributed by atoms with Gasteiger partial charge in [-0.3, -0.25) is 9.78 Å². The van der Waals surface area contributed by atoms with Crippen LogP contribution in [0.15, 0.2) is 72.9 Å². The van der Waals surface area contributed by atoms with Gasteiger partial charge in [-0.1, -0.05) is 30.3 Å². The fourth-order valence-corrected chi connectivity index (χ4v) is 2.47. The van der Waals surface area contributed by atoms with Crippen molar-refractivity contribution >= 4 is 5.91 Å². The minimum Gasteiger partial charge on any atom is -0.488 e. The maximum atomic E-state index is 13.0. The molecule has 1 aromatic heterocycles. The van der Waals surface area contributed by atoms with Gasteiger partial charge in [-0.05, 0) is 42.0 Å². The number of halogens is 1. The second-order valence-corrected chi connectivity index (χ2v) is 5.74. The van der Waals surface area contributed by atoms with Crippen molar-refractivity contribution in [3.05, 3.63) is 95.6 Å². The van der Waals surface area contributed by atoms with Crippen LogP contribution in [-0.4, -0.2) is 17.4 Å². The van der Waals surface area contributed by atoms with Crippen LogP contribution in [0.3, 0.4) is 0 Å². The lowest BCUT2D eigenvalue weighted by Crippen LogP contribution is -2.26. The third kappa shape index (κ3) is 4.89. The molecule has 2 aromatic carbocycles. The highest BCUT2D eigenvalue weighted by molar-refractivity contribution is 5.96. The largest absolute Gasteiger partial charge is 0.488 e. The molecule has 26 heavy (non-hydrogen) atoms. The minimum atomic E-state index is -0.290. The topological polar surface area (TPSA) is 51.2 Å². The van der Waals surface area contributed by atoms with Gasteiger partial charge in [0.05, 0.1) is 5.56 Å². The lowest BCUT2D eigenvalue weighted by molar-refractivity contribution is 0.0949. The summed E-state index contributed by atoms with van der Waals surface area (Å²) in [7, 11) is 0. The molecule has 0 saturated heterocycles. The highest BCUT2D eigenvalue weighted by Gasteiger charge is 2.12. The van der Waals surface area contributed by atoms with Crippen LogP contribution in [0.5, 0.6) is 5.75 Å². The second-order valence-electron chi connectivity index (χ2n) is 5.74. The zero-order chi connectivity index (χ0) is 18.2. The molecule has 3 aromatic rings. The normalized spacial score (nSPS) is 10.3. The summed E-state index contributed by atoms with van der Waals surface area (Å²) in [5.41, 5.74) is 2.22. The van der Waals surface area contributed by atoms with E-state index in [1.165, 1.54) is 12.1 Å². The molecular formula is C21H19FN2O2. The first-order valence-corrected chi connectivity index (χ1v) is 8.37. The van der Waals surface area contributed by atoms with Crippen LogP contribution in [0.4, 0.5) is 4.39 Å². The molecule has 0 radical (unpaired) electrons. The second kappa shape index (κ2) is 8.76. The average Bonchev–Trinajstić information content (AvgIpc) is 2.68. The van der Waals surface area contributed by atoms with Gasteiger partial charge in [-0.2, -0.15) is 0 Å². The van der Waals surface area contributed by atoms with E-state index in [0.29, 0.717) is 24.3 Å². The number of carbonyl (C=O) groups excluding carboxylic acids is 1. The molecule has 0 aliphatic rings. The third-order valence-corrected chi connectivity index (χ3v) is 3.83. The molecule has 0 unspecified atom stereocenters. The van der Waals surface area contributed by atoms with Crippen molar-refractivity contribution < 1.29 is 13.9 Å².